The summed E-state index contributed by atoms with van der Waals surface area (Å²) in [4.78, 5) is 36.0. The van der Waals surface area contributed by atoms with Gasteiger partial charge in [-0.25, -0.2) is 4.98 Å². The third-order valence-electron chi connectivity index (χ3n) is 4.75. The molecule has 0 saturated carbocycles. The monoisotopic (exact) mass is 328 g/mol. The number of hydrogen-bond acceptors (Lipinski definition) is 4. The van der Waals surface area contributed by atoms with Crippen molar-refractivity contribution in [3.8, 4) is 0 Å². The second kappa shape index (κ2) is 7.13. The van der Waals surface area contributed by atoms with Gasteiger partial charge in [-0.05, 0) is 45.4 Å². The zero-order chi connectivity index (χ0) is 17.1. The standard InChI is InChI=1S/C18H24N4O2/c1-13(18(24)22-10-6-3-7-11-22)21(2)12-16-19-15-9-5-4-8-14(15)17(23)20-16/h4-5,8-9,13H,3,6-7,10-12H2,1-2H3,(H,19,20,23)/t13-/m0/s1. The van der Waals surface area contributed by atoms with Crippen LogP contribution >= 0.6 is 0 Å². The third-order valence-corrected chi connectivity index (χ3v) is 4.75. The highest BCUT2D eigenvalue weighted by molar-refractivity contribution is 5.81. The Kier molecular flexibility index (Phi) is 4.94. The lowest BCUT2D eigenvalue weighted by atomic mass is 10.1. The number of aromatic amines is 1. The fourth-order valence-corrected chi connectivity index (χ4v) is 3.15. The SMILES string of the molecule is C[C@@H](C(=O)N1CCCCC1)N(C)Cc1nc2ccccc2c(=O)[nH]1. The van der Waals surface area contributed by atoms with E-state index in [9.17, 15) is 9.59 Å². The maximum atomic E-state index is 12.6. The van der Waals surface area contributed by atoms with Gasteiger partial charge in [-0.15, -0.1) is 0 Å². The number of nitrogens with zero attached hydrogens (tertiary/aromatic N) is 3. The lowest BCUT2D eigenvalue weighted by Crippen LogP contribution is -2.47. The molecule has 1 aliphatic heterocycles. The predicted octanol–water partition coefficient (Wildman–Crippen LogP) is 1.76. The van der Waals surface area contributed by atoms with Crippen LogP contribution in [0.25, 0.3) is 10.9 Å². The van der Waals surface area contributed by atoms with E-state index in [0.717, 1.165) is 25.9 Å². The maximum Gasteiger partial charge on any atom is 0.258 e. The number of para-hydroxylation sites is 1. The van der Waals surface area contributed by atoms with Crippen molar-refractivity contribution in [1.82, 2.24) is 19.8 Å². The average Bonchev–Trinajstić information content (AvgIpc) is 2.61. The Morgan fingerprint density at radius 3 is 2.75 bits per heavy atom. The van der Waals surface area contributed by atoms with E-state index in [-0.39, 0.29) is 17.5 Å². The molecule has 1 amide bonds. The molecule has 6 nitrogen and oxygen atoms in total. The maximum absolute atomic E-state index is 12.6. The van der Waals surface area contributed by atoms with E-state index in [1.807, 2.05) is 42.0 Å². The molecule has 0 spiro atoms. The quantitative estimate of drug-likeness (QED) is 0.928. The highest BCUT2D eigenvalue weighted by atomic mass is 16.2. The van der Waals surface area contributed by atoms with E-state index in [0.29, 0.717) is 23.3 Å². The van der Waals surface area contributed by atoms with Crippen molar-refractivity contribution in [2.75, 3.05) is 20.1 Å². The highest BCUT2D eigenvalue weighted by Gasteiger charge is 2.25. The first-order chi connectivity index (χ1) is 11.6. The predicted molar refractivity (Wildman–Crippen MR) is 93.7 cm³/mol. The lowest BCUT2D eigenvalue weighted by Gasteiger charge is -2.32. The smallest absolute Gasteiger partial charge is 0.258 e. The molecule has 0 unspecified atom stereocenters. The van der Waals surface area contributed by atoms with Crippen molar-refractivity contribution in [3.63, 3.8) is 0 Å². The van der Waals surface area contributed by atoms with Crippen LogP contribution in [-0.4, -0.2) is 51.9 Å². The largest absolute Gasteiger partial charge is 0.341 e. The minimum atomic E-state index is -0.236. The second-order valence-electron chi connectivity index (χ2n) is 6.51. The Hall–Kier alpha value is -2.21. The van der Waals surface area contributed by atoms with E-state index in [1.54, 1.807) is 6.07 Å². The van der Waals surface area contributed by atoms with Gasteiger partial charge in [0.1, 0.15) is 5.82 Å². The molecule has 0 bridgehead atoms. The molecule has 0 aliphatic carbocycles. The van der Waals surface area contributed by atoms with Crippen molar-refractivity contribution >= 4 is 16.8 Å². The van der Waals surface area contributed by atoms with E-state index in [4.69, 9.17) is 0 Å². The number of fused-ring (bicyclic) bond motifs is 1. The lowest BCUT2D eigenvalue weighted by molar-refractivity contribution is -0.137. The summed E-state index contributed by atoms with van der Waals surface area (Å²) in [5.41, 5.74) is 0.540. The molecule has 24 heavy (non-hydrogen) atoms. The van der Waals surface area contributed by atoms with Crippen LogP contribution in [0.5, 0.6) is 0 Å². The molecule has 1 N–H and O–H groups in total. The van der Waals surface area contributed by atoms with Crippen LogP contribution in [0.4, 0.5) is 0 Å². The summed E-state index contributed by atoms with van der Waals surface area (Å²) in [6.07, 6.45) is 3.37. The number of piperidine rings is 1. The van der Waals surface area contributed by atoms with Crippen molar-refractivity contribution < 1.29 is 4.79 Å². The van der Waals surface area contributed by atoms with Crippen LogP contribution in [0.3, 0.4) is 0 Å². The van der Waals surface area contributed by atoms with E-state index < -0.39 is 0 Å². The molecule has 2 aromatic rings. The first-order valence-electron chi connectivity index (χ1n) is 8.53. The normalized spacial score (nSPS) is 16.5. The molecule has 1 fully saturated rings. The fourth-order valence-electron chi connectivity index (χ4n) is 3.15. The molecular formula is C18H24N4O2. The average molecular weight is 328 g/mol. The van der Waals surface area contributed by atoms with Gasteiger partial charge in [-0.3, -0.25) is 14.5 Å². The molecule has 3 rings (SSSR count). The van der Waals surface area contributed by atoms with Gasteiger partial charge in [0.15, 0.2) is 0 Å². The molecule has 1 aromatic heterocycles. The molecule has 1 atom stereocenters. The zero-order valence-corrected chi connectivity index (χ0v) is 14.3. The first kappa shape index (κ1) is 16.6. The summed E-state index contributed by atoms with van der Waals surface area (Å²) in [6.45, 7) is 4.04. The molecule has 2 heterocycles. The summed E-state index contributed by atoms with van der Waals surface area (Å²) >= 11 is 0. The third kappa shape index (κ3) is 3.48. The van der Waals surface area contributed by atoms with Gasteiger partial charge in [0.25, 0.3) is 5.56 Å². The summed E-state index contributed by atoms with van der Waals surface area (Å²) in [5.74, 6) is 0.736. The van der Waals surface area contributed by atoms with Crippen LogP contribution in [0.1, 0.15) is 32.0 Å². The number of benzene rings is 1. The minimum absolute atomic E-state index is 0.140. The van der Waals surface area contributed by atoms with Gasteiger partial charge in [-0.1, -0.05) is 12.1 Å². The number of H-pyrrole nitrogens is 1. The van der Waals surface area contributed by atoms with Crippen molar-refractivity contribution in [2.45, 2.75) is 38.8 Å². The number of rotatable bonds is 4. The van der Waals surface area contributed by atoms with Gasteiger partial charge >= 0.3 is 0 Å². The fraction of sp³-hybridized carbons (Fsp3) is 0.500. The Labute approximate surface area is 141 Å². The molecule has 6 heteroatoms. The summed E-state index contributed by atoms with van der Waals surface area (Å²) in [5, 5.41) is 0.585. The number of nitrogens with one attached hydrogen (secondary N) is 1. The number of likely N-dealkylation sites (N-methyl/N-ethyl adjacent to an activating group) is 1. The Morgan fingerprint density at radius 2 is 2.00 bits per heavy atom. The molecule has 1 aromatic carbocycles. The van der Waals surface area contributed by atoms with Crippen LogP contribution in [0, 0.1) is 0 Å². The van der Waals surface area contributed by atoms with E-state index in [2.05, 4.69) is 9.97 Å². The van der Waals surface area contributed by atoms with Crippen LogP contribution in [-0.2, 0) is 11.3 Å². The summed E-state index contributed by atoms with van der Waals surface area (Å²) in [6, 6.07) is 7.04. The van der Waals surface area contributed by atoms with Gasteiger partial charge in [0, 0.05) is 13.1 Å². The number of amides is 1. The van der Waals surface area contributed by atoms with Crippen LogP contribution in [0.15, 0.2) is 29.1 Å². The topological polar surface area (TPSA) is 69.3 Å². The molecule has 128 valence electrons. The number of carbonyl (C=O) groups excluding carboxylic acids is 1. The first-order valence-corrected chi connectivity index (χ1v) is 8.53. The molecule has 1 aliphatic rings. The van der Waals surface area contributed by atoms with Gasteiger partial charge in [-0.2, -0.15) is 0 Å². The number of hydrogen-bond donors (Lipinski definition) is 1. The van der Waals surface area contributed by atoms with Gasteiger partial charge in [0.05, 0.1) is 23.5 Å². The Bertz CT molecular complexity index is 780. The minimum Gasteiger partial charge on any atom is -0.341 e. The van der Waals surface area contributed by atoms with Crippen LogP contribution < -0.4 is 5.56 Å². The molecule has 0 radical (unpaired) electrons. The van der Waals surface area contributed by atoms with Crippen molar-refractivity contribution in [1.29, 1.82) is 0 Å². The second-order valence-corrected chi connectivity index (χ2v) is 6.51. The van der Waals surface area contributed by atoms with Crippen LogP contribution in [0.2, 0.25) is 0 Å². The van der Waals surface area contributed by atoms with Gasteiger partial charge in [0.2, 0.25) is 5.91 Å². The number of carbonyl (C=O) groups is 1. The van der Waals surface area contributed by atoms with Gasteiger partial charge < -0.3 is 9.88 Å². The summed E-state index contributed by atoms with van der Waals surface area (Å²) < 4.78 is 0. The number of likely N-dealkylation sites (tertiary alicyclic amines) is 1. The zero-order valence-electron chi connectivity index (χ0n) is 14.3. The van der Waals surface area contributed by atoms with Crippen molar-refractivity contribution in [2.24, 2.45) is 0 Å². The Morgan fingerprint density at radius 1 is 1.29 bits per heavy atom. The van der Waals surface area contributed by atoms with E-state index >= 15 is 0 Å². The Balaban J connectivity index is 1.73. The highest BCUT2D eigenvalue weighted by Crippen LogP contribution is 2.13. The van der Waals surface area contributed by atoms with E-state index in [1.165, 1.54) is 6.42 Å². The molecule has 1 saturated heterocycles. The summed E-state index contributed by atoms with van der Waals surface area (Å²) in [7, 11) is 1.89. The molecular weight excluding hydrogens is 304 g/mol. The number of aromatic nitrogens is 2. The van der Waals surface area contributed by atoms with Crippen molar-refractivity contribution in [3.05, 3.63) is 40.4 Å².